The predicted octanol–water partition coefficient (Wildman–Crippen LogP) is 5.76. The monoisotopic (exact) mass is 294 g/mol. The maximum absolute atomic E-state index is 2.48. The van der Waals surface area contributed by atoms with Crippen molar-refractivity contribution in [2.45, 2.75) is 60.1 Å². The van der Waals surface area contributed by atoms with E-state index in [1.165, 1.54) is 12.8 Å². The van der Waals surface area contributed by atoms with Crippen molar-refractivity contribution < 1.29 is 0 Å². The van der Waals surface area contributed by atoms with Gasteiger partial charge in [-0.05, 0) is 23.1 Å². The second-order valence-electron chi connectivity index (χ2n) is 8.63. The fourth-order valence-corrected chi connectivity index (χ4v) is 3.69. The molecule has 0 aromatic heterocycles. The standard InChI is InChI=1S/C21H31B/c1-20(2,3)17-13-10-14-18(21(4,5)6)19(17)22-15-16-11-8-7-9-12-16/h7-9,11-14,19,22H,10,15H2,1-6H3. The lowest BCUT2D eigenvalue weighted by atomic mass is 9.48. The molecule has 2 rings (SSSR count). The van der Waals surface area contributed by atoms with Crippen LogP contribution in [0.25, 0.3) is 0 Å². The number of benzene rings is 1. The van der Waals surface area contributed by atoms with Crippen molar-refractivity contribution in [3.63, 3.8) is 0 Å². The predicted molar refractivity (Wildman–Crippen MR) is 101 cm³/mol. The zero-order valence-corrected chi connectivity index (χ0v) is 15.2. The van der Waals surface area contributed by atoms with Crippen LogP contribution in [0.3, 0.4) is 0 Å². The normalized spacial score (nSPS) is 17.0. The van der Waals surface area contributed by atoms with E-state index in [1.54, 1.807) is 11.1 Å². The summed E-state index contributed by atoms with van der Waals surface area (Å²) in [5.41, 5.74) is 5.24. The number of allylic oxidation sites excluding steroid dienone is 4. The van der Waals surface area contributed by atoms with E-state index in [1.807, 2.05) is 0 Å². The van der Waals surface area contributed by atoms with E-state index in [4.69, 9.17) is 0 Å². The number of hydrogen-bond acceptors (Lipinski definition) is 0. The van der Waals surface area contributed by atoms with Crippen LogP contribution in [-0.2, 0) is 6.32 Å². The van der Waals surface area contributed by atoms with Crippen LogP contribution in [0.4, 0.5) is 0 Å². The molecule has 0 saturated heterocycles. The minimum absolute atomic E-state index is 0.256. The van der Waals surface area contributed by atoms with Gasteiger partial charge in [0, 0.05) is 0 Å². The van der Waals surface area contributed by atoms with Crippen LogP contribution in [0.15, 0.2) is 53.6 Å². The molecular weight excluding hydrogens is 263 g/mol. The van der Waals surface area contributed by atoms with Gasteiger partial charge in [-0.3, -0.25) is 0 Å². The fourth-order valence-electron chi connectivity index (χ4n) is 3.69. The maximum atomic E-state index is 2.48. The molecule has 1 aliphatic rings. The molecule has 0 bridgehead atoms. The molecule has 0 nitrogen and oxygen atoms in total. The maximum Gasteiger partial charge on any atom is 0.139 e. The van der Waals surface area contributed by atoms with Crippen LogP contribution >= 0.6 is 0 Å². The molecule has 0 unspecified atom stereocenters. The van der Waals surface area contributed by atoms with E-state index >= 15 is 0 Å². The van der Waals surface area contributed by atoms with Crippen molar-refractivity contribution in [3.8, 4) is 0 Å². The third-order valence-electron chi connectivity index (χ3n) is 4.72. The zero-order chi connectivity index (χ0) is 16.4. The minimum atomic E-state index is 0.256. The Morgan fingerprint density at radius 2 is 1.36 bits per heavy atom. The van der Waals surface area contributed by atoms with Crippen LogP contribution < -0.4 is 0 Å². The first-order valence-corrected chi connectivity index (χ1v) is 8.64. The molecule has 118 valence electrons. The minimum Gasteiger partial charge on any atom is -0.0811 e. The quantitative estimate of drug-likeness (QED) is 0.491. The highest BCUT2D eigenvalue weighted by atomic mass is 14.3. The molecule has 0 N–H and O–H groups in total. The van der Waals surface area contributed by atoms with E-state index in [9.17, 15) is 0 Å². The van der Waals surface area contributed by atoms with Gasteiger partial charge in [-0.2, -0.15) is 0 Å². The number of rotatable bonds is 3. The van der Waals surface area contributed by atoms with Gasteiger partial charge < -0.3 is 0 Å². The van der Waals surface area contributed by atoms with Gasteiger partial charge in [0.25, 0.3) is 0 Å². The summed E-state index contributed by atoms with van der Waals surface area (Å²) < 4.78 is 0. The van der Waals surface area contributed by atoms with E-state index in [0.717, 1.165) is 12.7 Å². The van der Waals surface area contributed by atoms with Crippen molar-refractivity contribution in [2.24, 2.45) is 10.8 Å². The number of hydrogen-bond donors (Lipinski definition) is 0. The van der Waals surface area contributed by atoms with Crippen LogP contribution in [-0.4, -0.2) is 7.28 Å². The second-order valence-corrected chi connectivity index (χ2v) is 8.63. The lowest BCUT2D eigenvalue weighted by molar-refractivity contribution is 0.442. The Morgan fingerprint density at radius 3 is 1.82 bits per heavy atom. The third kappa shape index (κ3) is 4.15. The largest absolute Gasteiger partial charge is 0.139 e. The van der Waals surface area contributed by atoms with Crippen molar-refractivity contribution in [1.29, 1.82) is 0 Å². The highest BCUT2D eigenvalue weighted by molar-refractivity contribution is 6.39. The Balaban J connectivity index is 2.25. The summed E-state index contributed by atoms with van der Waals surface area (Å²) in [5.74, 6) is 0.592. The van der Waals surface area contributed by atoms with Crippen molar-refractivity contribution in [1.82, 2.24) is 0 Å². The molecule has 1 aromatic carbocycles. The van der Waals surface area contributed by atoms with Crippen molar-refractivity contribution in [3.05, 3.63) is 59.2 Å². The molecule has 1 aliphatic carbocycles. The van der Waals surface area contributed by atoms with Gasteiger partial charge in [0.2, 0.25) is 0 Å². The molecule has 0 saturated carbocycles. The molecule has 22 heavy (non-hydrogen) atoms. The Labute approximate surface area is 138 Å². The van der Waals surface area contributed by atoms with E-state index in [0.29, 0.717) is 5.82 Å². The van der Waals surface area contributed by atoms with Crippen molar-refractivity contribution >= 4 is 7.28 Å². The Morgan fingerprint density at radius 1 is 0.864 bits per heavy atom. The summed E-state index contributed by atoms with van der Waals surface area (Å²) >= 11 is 0. The average Bonchev–Trinajstić information content (AvgIpc) is 2.44. The van der Waals surface area contributed by atoms with Crippen LogP contribution in [0.1, 0.15) is 53.5 Å². The molecule has 0 fully saturated rings. The first-order chi connectivity index (χ1) is 10.2. The molecule has 0 amide bonds. The third-order valence-corrected chi connectivity index (χ3v) is 4.72. The molecule has 0 heterocycles. The van der Waals surface area contributed by atoms with Gasteiger partial charge >= 0.3 is 0 Å². The summed E-state index contributed by atoms with van der Waals surface area (Å²) in [5, 5.41) is 0. The molecule has 0 spiro atoms. The van der Waals surface area contributed by atoms with Gasteiger partial charge in [-0.25, -0.2) is 0 Å². The lowest BCUT2D eigenvalue weighted by Gasteiger charge is -2.39. The van der Waals surface area contributed by atoms with E-state index in [2.05, 4.69) is 84.0 Å². The summed E-state index contributed by atoms with van der Waals surface area (Å²) in [6.07, 6.45) is 7.21. The Bertz CT molecular complexity index is 520. The van der Waals surface area contributed by atoms with Gasteiger partial charge in [0.05, 0.1) is 0 Å². The van der Waals surface area contributed by atoms with Crippen LogP contribution in [0, 0.1) is 10.8 Å². The first kappa shape index (κ1) is 17.1. The molecule has 1 heteroatoms. The first-order valence-electron chi connectivity index (χ1n) is 8.64. The molecule has 0 atom stereocenters. The van der Waals surface area contributed by atoms with Crippen LogP contribution in [0.5, 0.6) is 0 Å². The molecular formula is C21H31B. The van der Waals surface area contributed by atoms with E-state index < -0.39 is 0 Å². The fraction of sp³-hybridized carbons (Fsp3) is 0.524. The Hall–Kier alpha value is -1.24. The molecule has 0 aliphatic heterocycles. The SMILES string of the molecule is CC(C)(C)C1=CCC=C(C(C)(C)C)C1BCc1ccccc1. The average molecular weight is 294 g/mol. The van der Waals surface area contributed by atoms with Gasteiger partial charge in [-0.1, -0.05) is 107 Å². The van der Waals surface area contributed by atoms with Gasteiger partial charge in [0.15, 0.2) is 0 Å². The summed E-state index contributed by atoms with van der Waals surface area (Å²) in [4.78, 5) is 0. The highest BCUT2D eigenvalue weighted by Gasteiger charge is 2.34. The molecule has 0 radical (unpaired) electrons. The Kier molecular flexibility index (Phi) is 5.05. The lowest BCUT2D eigenvalue weighted by Crippen LogP contribution is -2.28. The van der Waals surface area contributed by atoms with E-state index in [-0.39, 0.29) is 10.8 Å². The smallest absolute Gasteiger partial charge is 0.0811 e. The van der Waals surface area contributed by atoms with Gasteiger partial charge in [-0.15, -0.1) is 0 Å². The summed E-state index contributed by atoms with van der Waals surface area (Å²) in [6, 6.07) is 10.9. The van der Waals surface area contributed by atoms with Crippen molar-refractivity contribution in [2.75, 3.05) is 0 Å². The van der Waals surface area contributed by atoms with Crippen LogP contribution in [0.2, 0.25) is 5.82 Å². The highest BCUT2D eigenvalue weighted by Crippen LogP contribution is 2.47. The zero-order valence-electron chi connectivity index (χ0n) is 15.2. The molecule has 1 aromatic rings. The second kappa shape index (κ2) is 6.48. The topological polar surface area (TPSA) is 0 Å². The summed E-state index contributed by atoms with van der Waals surface area (Å²) in [6.45, 7) is 14.2. The van der Waals surface area contributed by atoms with Gasteiger partial charge in [0.1, 0.15) is 7.28 Å². The summed E-state index contributed by atoms with van der Waals surface area (Å²) in [7, 11) is 1.22.